The van der Waals surface area contributed by atoms with Gasteiger partial charge in [-0.05, 0) is 57.0 Å². The summed E-state index contributed by atoms with van der Waals surface area (Å²) in [5.41, 5.74) is 5.00. The van der Waals surface area contributed by atoms with Gasteiger partial charge in [-0.2, -0.15) is 5.10 Å². The summed E-state index contributed by atoms with van der Waals surface area (Å²) in [5, 5.41) is 17.0. The molecule has 2 heterocycles. The first kappa shape index (κ1) is 16.3. The number of aromatic nitrogens is 4. The molecule has 0 bridgehead atoms. The molecule has 1 aromatic carbocycles. The minimum Gasteiger partial charge on any atom is -0.330 e. The largest absolute Gasteiger partial charge is 0.330 e. The second-order valence-electron chi connectivity index (χ2n) is 5.91. The van der Waals surface area contributed by atoms with Crippen molar-refractivity contribution in [1.29, 1.82) is 0 Å². The van der Waals surface area contributed by atoms with E-state index in [-0.39, 0.29) is 12.3 Å². The van der Waals surface area contributed by atoms with Crippen LogP contribution < -0.4 is 5.32 Å². The van der Waals surface area contributed by atoms with E-state index in [1.807, 2.05) is 19.9 Å². The number of hydrogen-bond donors (Lipinski definition) is 1. The predicted octanol–water partition coefficient (Wildman–Crippen LogP) is 3.59. The Bertz CT molecular complexity index is 876. The number of anilines is 2. The van der Waals surface area contributed by atoms with Gasteiger partial charge < -0.3 is 5.32 Å². The Morgan fingerprint density at radius 2 is 1.79 bits per heavy atom. The van der Waals surface area contributed by atoms with Gasteiger partial charge in [0.2, 0.25) is 5.13 Å². The molecular weight excluding hydrogens is 322 g/mol. The van der Waals surface area contributed by atoms with Crippen molar-refractivity contribution in [2.45, 2.75) is 34.1 Å². The molecule has 3 aromatic rings. The van der Waals surface area contributed by atoms with Crippen LogP contribution in [0.3, 0.4) is 0 Å². The van der Waals surface area contributed by atoms with Gasteiger partial charge in [0.15, 0.2) is 0 Å². The highest BCUT2D eigenvalue weighted by Crippen LogP contribution is 2.23. The van der Waals surface area contributed by atoms with E-state index < -0.39 is 0 Å². The van der Waals surface area contributed by atoms with Crippen LogP contribution in [0.25, 0.3) is 0 Å². The van der Waals surface area contributed by atoms with Crippen molar-refractivity contribution in [3.8, 4) is 0 Å². The van der Waals surface area contributed by atoms with Crippen molar-refractivity contribution in [3.63, 3.8) is 0 Å². The molecule has 124 valence electrons. The zero-order valence-corrected chi connectivity index (χ0v) is 14.9. The zero-order chi connectivity index (χ0) is 17.3. The maximum atomic E-state index is 12.3. The Morgan fingerprint density at radius 1 is 1.08 bits per heavy atom. The summed E-state index contributed by atoms with van der Waals surface area (Å²) in [4.78, 5) is 12.3. The molecule has 0 atom stereocenters. The lowest BCUT2D eigenvalue weighted by Crippen LogP contribution is -2.16. The van der Waals surface area contributed by atoms with E-state index in [0.717, 1.165) is 17.1 Å². The molecule has 0 amide bonds. The molecule has 0 aliphatic heterocycles. The number of carbonyl (C=O) groups excluding carboxylic acids is 1. The molecule has 7 heteroatoms. The smallest absolute Gasteiger partial charge is 0.254 e. The number of carbonyl (C=O) groups is 1. The van der Waals surface area contributed by atoms with Gasteiger partial charge in [-0.25, -0.2) is 4.68 Å². The molecule has 0 radical (unpaired) electrons. The van der Waals surface area contributed by atoms with Crippen LogP contribution in [-0.4, -0.2) is 25.9 Å². The second kappa shape index (κ2) is 6.52. The van der Waals surface area contributed by atoms with Gasteiger partial charge in [-0.15, -0.1) is 10.2 Å². The summed E-state index contributed by atoms with van der Waals surface area (Å²) < 4.78 is 1.42. The Kier molecular flexibility index (Phi) is 4.44. The van der Waals surface area contributed by atoms with E-state index in [4.69, 9.17) is 0 Å². The molecule has 24 heavy (non-hydrogen) atoms. The summed E-state index contributed by atoms with van der Waals surface area (Å²) in [6.07, 6.45) is 0.189. The summed E-state index contributed by atoms with van der Waals surface area (Å²) in [6.45, 7) is 7.84. The standard InChI is InChI=1S/C17H19N5OS/c1-10-5-11(2)7-14(6-10)18-17-20-19-15(24-17)9-16(23)22-13(4)8-12(3)21-22/h5-8H,9H2,1-4H3,(H,18,20). The number of hydrogen-bond acceptors (Lipinski definition) is 6. The molecule has 3 rings (SSSR count). The van der Waals surface area contributed by atoms with Crippen LogP contribution in [0.2, 0.25) is 0 Å². The molecule has 0 spiro atoms. The minimum atomic E-state index is -0.102. The van der Waals surface area contributed by atoms with Gasteiger partial charge in [-0.3, -0.25) is 4.79 Å². The van der Waals surface area contributed by atoms with Gasteiger partial charge in [-0.1, -0.05) is 17.4 Å². The van der Waals surface area contributed by atoms with Crippen LogP contribution in [0, 0.1) is 27.7 Å². The lowest BCUT2D eigenvalue weighted by Gasteiger charge is -2.04. The molecule has 0 saturated carbocycles. The first-order chi connectivity index (χ1) is 11.4. The van der Waals surface area contributed by atoms with Crippen LogP contribution in [0.15, 0.2) is 24.3 Å². The van der Waals surface area contributed by atoms with Crippen LogP contribution in [-0.2, 0) is 6.42 Å². The first-order valence-electron chi connectivity index (χ1n) is 7.65. The van der Waals surface area contributed by atoms with E-state index in [9.17, 15) is 4.79 Å². The highest BCUT2D eigenvalue weighted by Gasteiger charge is 2.14. The second-order valence-corrected chi connectivity index (χ2v) is 6.97. The minimum absolute atomic E-state index is 0.102. The van der Waals surface area contributed by atoms with E-state index in [1.165, 1.54) is 27.1 Å². The van der Waals surface area contributed by atoms with Crippen molar-refractivity contribution >= 4 is 28.1 Å². The van der Waals surface area contributed by atoms with Gasteiger partial charge in [0, 0.05) is 11.4 Å². The van der Waals surface area contributed by atoms with Crippen molar-refractivity contribution in [3.05, 3.63) is 51.8 Å². The van der Waals surface area contributed by atoms with Crippen molar-refractivity contribution in [2.24, 2.45) is 0 Å². The number of aryl methyl sites for hydroxylation is 4. The molecule has 2 aromatic heterocycles. The fourth-order valence-electron chi connectivity index (χ4n) is 2.63. The number of benzene rings is 1. The van der Waals surface area contributed by atoms with Gasteiger partial charge in [0.05, 0.1) is 12.1 Å². The third-order valence-corrected chi connectivity index (χ3v) is 4.33. The molecule has 0 saturated heterocycles. The van der Waals surface area contributed by atoms with Crippen LogP contribution in [0.1, 0.15) is 32.3 Å². The third kappa shape index (κ3) is 3.68. The summed E-state index contributed by atoms with van der Waals surface area (Å²) in [5.74, 6) is -0.102. The fourth-order valence-corrected chi connectivity index (χ4v) is 3.38. The summed E-state index contributed by atoms with van der Waals surface area (Å²) >= 11 is 1.38. The average molecular weight is 341 g/mol. The highest BCUT2D eigenvalue weighted by atomic mass is 32.1. The molecule has 0 aliphatic carbocycles. The first-order valence-corrected chi connectivity index (χ1v) is 8.46. The van der Waals surface area contributed by atoms with Gasteiger partial charge in [0.1, 0.15) is 5.01 Å². The Balaban J connectivity index is 1.71. The van der Waals surface area contributed by atoms with Gasteiger partial charge >= 0.3 is 0 Å². The molecule has 0 aliphatic rings. The summed E-state index contributed by atoms with van der Waals surface area (Å²) in [7, 11) is 0. The summed E-state index contributed by atoms with van der Waals surface area (Å²) in [6, 6.07) is 8.10. The lowest BCUT2D eigenvalue weighted by atomic mass is 10.1. The predicted molar refractivity (Wildman–Crippen MR) is 95.1 cm³/mol. The van der Waals surface area contributed by atoms with Crippen LogP contribution in [0.5, 0.6) is 0 Å². The van der Waals surface area contributed by atoms with Crippen molar-refractivity contribution < 1.29 is 4.79 Å². The maximum Gasteiger partial charge on any atom is 0.254 e. The zero-order valence-electron chi connectivity index (χ0n) is 14.1. The lowest BCUT2D eigenvalue weighted by molar-refractivity contribution is 0.0895. The van der Waals surface area contributed by atoms with Gasteiger partial charge in [0.25, 0.3) is 5.91 Å². The normalized spacial score (nSPS) is 10.8. The molecular formula is C17H19N5OS. The fraction of sp³-hybridized carbons (Fsp3) is 0.294. The number of nitrogens with zero attached hydrogens (tertiary/aromatic N) is 4. The molecule has 1 N–H and O–H groups in total. The average Bonchev–Trinajstić information content (AvgIpc) is 3.04. The van der Waals surface area contributed by atoms with Crippen LogP contribution >= 0.6 is 11.3 Å². The topological polar surface area (TPSA) is 72.7 Å². The van der Waals surface area contributed by atoms with E-state index >= 15 is 0 Å². The number of rotatable bonds is 4. The Hall–Kier alpha value is -2.54. The molecule has 6 nitrogen and oxygen atoms in total. The molecule has 0 unspecified atom stereocenters. The quantitative estimate of drug-likeness (QED) is 0.785. The van der Waals surface area contributed by atoms with E-state index in [0.29, 0.717) is 10.1 Å². The number of nitrogens with one attached hydrogen (secondary N) is 1. The Labute approximate surface area is 144 Å². The molecule has 0 fully saturated rings. The highest BCUT2D eigenvalue weighted by molar-refractivity contribution is 7.15. The maximum absolute atomic E-state index is 12.3. The monoisotopic (exact) mass is 341 g/mol. The van der Waals surface area contributed by atoms with E-state index in [2.05, 4.69) is 52.7 Å². The Morgan fingerprint density at radius 3 is 2.42 bits per heavy atom. The third-order valence-electron chi connectivity index (χ3n) is 3.49. The van der Waals surface area contributed by atoms with Crippen molar-refractivity contribution in [1.82, 2.24) is 20.0 Å². The SMILES string of the molecule is Cc1cc(C)cc(Nc2nnc(CC(=O)n3nc(C)cc3C)s2)c1. The van der Waals surface area contributed by atoms with E-state index in [1.54, 1.807) is 0 Å². The van der Waals surface area contributed by atoms with Crippen LogP contribution in [0.4, 0.5) is 10.8 Å². The van der Waals surface area contributed by atoms with Crippen molar-refractivity contribution in [2.75, 3.05) is 5.32 Å².